The SMILES string of the molecule is Cc1ccnc(-n2c(C)cc([C@@H]3[C@H](c4ccccn4)NC(=S)N3c3ccccc3F)c2C)c1. The Hall–Kier alpha value is -3.58. The van der Waals surface area contributed by atoms with Gasteiger partial charge in [0.15, 0.2) is 5.11 Å². The number of anilines is 1. The Morgan fingerprint density at radius 2 is 1.73 bits per heavy atom. The van der Waals surface area contributed by atoms with Gasteiger partial charge in [0.2, 0.25) is 0 Å². The van der Waals surface area contributed by atoms with Crippen LogP contribution in [0.25, 0.3) is 5.82 Å². The number of aryl methyl sites for hydroxylation is 2. The number of para-hydroxylation sites is 1. The summed E-state index contributed by atoms with van der Waals surface area (Å²) in [5.74, 6) is 0.541. The van der Waals surface area contributed by atoms with Crippen molar-refractivity contribution in [3.05, 3.63) is 107 Å². The van der Waals surface area contributed by atoms with Crippen molar-refractivity contribution >= 4 is 23.0 Å². The molecule has 0 amide bonds. The first-order chi connectivity index (χ1) is 16.0. The Morgan fingerprint density at radius 3 is 2.45 bits per heavy atom. The molecule has 0 aliphatic carbocycles. The fourth-order valence-corrected chi connectivity index (χ4v) is 5.00. The van der Waals surface area contributed by atoms with E-state index in [-0.39, 0.29) is 17.9 Å². The van der Waals surface area contributed by atoms with Gasteiger partial charge in [-0.1, -0.05) is 18.2 Å². The van der Waals surface area contributed by atoms with E-state index in [0.717, 1.165) is 34.0 Å². The molecule has 1 aromatic carbocycles. The number of pyridine rings is 2. The number of halogens is 1. The Bertz CT molecular complexity index is 1330. The van der Waals surface area contributed by atoms with Gasteiger partial charge < -0.3 is 14.8 Å². The molecule has 0 radical (unpaired) electrons. The van der Waals surface area contributed by atoms with Crippen LogP contribution in [0.2, 0.25) is 0 Å². The molecule has 0 saturated carbocycles. The minimum atomic E-state index is -0.317. The van der Waals surface area contributed by atoms with Crippen molar-refractivity contribution in [2.75, 3.05) is 4.90 Å². The van der Waals surface area contributed by atoms with Crippen molar-refractivity contribution in [1.82, 2.24) is 19.9 Å². The third kappa shape index (κ3) is 3.68. The van der Waals surface area contributed by atoms with Gasteiger partial charge in [-0.3, -0.25) is 4.98 Å². The first-order valence-electron chi connectivity index (χ1n) is 10.8. The van der Waals surface area contributed by atoms with Gasteiger partial charge in [0.25, 0.3) is 0 Å². The minimum absolute atomic E-state index is 0.238. The van der Waals surface area contributed by atoms with Gasteiger partial charge in [0.1, 0.15) is 11.6 Å². The summed E-state index contributed by atoms with van der Waals surface area (Å²) in [6.07, 6.45) is 3.58. The molecule has 2 atom stereocenters. The number of benzene rings is 1. The van der Waals surface area contributed by atoms with Crippen LogP contribution in [0.15, 0.2) is 73.1 Å². The van der Waals surface area contributed by atoms with Crippen LogP contribution in [0.3, 0.4) is 0 Å². The van der Waals surface area contributed by atoms with Crippen LogP contribution in [0.1, 0.15) is 40.3 Å². The maximum Gasteiger partial charge on any atom is 0.174 e. The van der Waals surface area contributed by atoms with E-state index in [0.29, 0.717) is 10.8 Å². The van der Waals surface area contributed by atoms with Gasteiger partial charge in [-0.2, -0.15) is 0 Å². The summed E-state index contributed by atoms with van der Waals surface area (Å²) in [6.45, 7) is 6.18. The van der Waals surface area contributed by atoms with Gasteiger partial charge >= 0.3 is 0 Å². The number of aromatic nitrogens is 3. The molecule has 1 saturated heterocycles. The molecule has 0 spiro atoms. The van der Waals surface area contributed by atoms with Crippen LogP contribution in [0, 0.1) is 26.6 Å². The Labute approximate surface area is 197 Å². The standard InChI is InChI=1S/C26H24FN5S/c1-16-11-13-29-23(14-16)31-17(2)15-19(18(31)3)25-24(21-9-6-7-12-28-21)30-26(33)32(25)22-10-5-4-8-20(22)27/h4-15,24-25H,1-3H3,(H,30,33)/t24-,25+/m0/s1. The molecule has 1 aliphatic rings. The quantitative estimate of drug-likeness (QED) is 0.410. The molecule has 7 heteroatoms. The molecule has 0 bridgehead atoms. The zero-order valence-corrected chi connectivity index (χ0v) is 19.5. The summed E-state index contributed by atoms with van der Waals surface area (Å²) < 4.78 is 17.1. The van der Waals surface area contributed by atoms with Crippen LogP contribution in [0.5, 0.6) is 0 Å². The van der Waals surface area contributed by atoms with E-state index < -0.39 is 0 Å². The van der Waals surface area contributed by atoms with Gasteiger partial charge in [-0.15, -0.1) is 0 Å². The lowest BCUT2D eigenvalue weighted by Gasteiger charge is -2.28. The Morgan fingerprint density at radius 1 is 0.939 bits per heavy atom. The highest BCUT2D eigenvalue weighted by Gasteiger charge is 2.43. The second-order valence-corrected chi connectivity index (χ2v) is 8.69. The number of nitrogens with zero attached hydrogens (tertiary/aromatic N) is 4. The van der Waals surface area contributed by atoms with Crippen molar-refractivity contribution < 1.29 is 4.39 Å². The van der Waals surface area contributed by atoms with Crippen molar-refractivity contribution in [2.45, 2.75) is 32.9 Å². The van der Waals surface area contributed by atoms with Gasteiger partial charge in [0, 0.05) is 23.8 Å². The first-order valence-corrected chi connectivity index (χ1v) is 11.2. The molecular formula is C26H24FN5S. The second kappa shape index (κ2) is 8.41. The van der Waals surface area contributed by atoms with E-state index in [1.165, 1.54) is 6.07 Å². The summed E-state index contributed by atoms with van der Waals surface area (Å²) in [6, 6.07) is 18.2. The molecule has 33 heavy (non-hydrogen) atoms. The average Bonchev–Trinajstić information content (AvgIpc) is 3.30. The molecule has 1 N–H and O–H groups in total. The zero-order valence-electron chi connectivity index (χ0n) is 18.7. The summed E-state index contributed by atoms with van der Waals surface area (Å²) >= 11 is 5.73. The van der Waals surface area contributed by atoms with Crippen LogP contribution in [-0.2, 0) is 0 Å². The second-order valence-electron chi connectivity index (χ2n) is 8.30. The van der Waals surface area contributed by atoms with E-state index in [1.54, 1.807) is 18.3 Å². The lowest BCUT2D eigenvalue weighted by atomic mass is 9.96. The number of hydrogen-bond acceptors (Lipinski definition) is 3. The largest absolute Gasteiger partial charge is 0.351 e. The summed E-state index contributed by atoms with van der Waals surface area (Å²) in [5, 5.41) is 3.87. The topological polar surface area (TPSA) is 46.0 Å². The highest BCUT2D eigenvalue weighted by Crippen LogP contribution is 2.44. The fraction of sp³-hybridized carbons (Fsp3) is 0.192. The van der Waals surface area contributed by atoms with Crippen molar-refractivity contribution in [3.63, 3.8) is 0 Å². The molecule has 5 rings (SSSR count). The molecule has 1 aliphatic heterocycles. The molecule has 166 valence electrons. The monoisotopic (exact) mass is 457 g/mol. The van der Waals surface area contributed by atoms with Gasteiger partial charge in [-0.05, 0) is 86.6 Å². The predicted molar refractivity (Wildman–Crippen MR) is 132 cm³/mol. The maximum absolute atomic E-state index is 15.0. The van der Waals surface area contributed by atoms with E-state index in [9.17, 15) is 4.39 Å². The minimum Gasteiger partial charge on any atom is -0.351 e. The summed E-state index contributed by atoms with van der Waals surface area (Å²) in [4.78, 5) is 11.1. The summed E-state index contributed by atoms with van der Waals surface area (Å²) in [7, 11) is 0. The highest BCUT2D eigenvalue weighted by atomic mass is 32.1. The van der Waals surface area contributed by atoms with Crippen LogP contribution < -0.4 is 10.2 Å². The fourth-order valence-electron chi connectivity index (χ4n) is 4.66. The number of rotatable bonds is 4. The molecule has 4 heterocycles. The van der Waals surface area contributed by atoms with Crippen LogP contribution in [0.4, 0.5) is 10.1 Å². The first kappa shape index (κ1) is 21.3. The molecular weight excluding hydrogens is 433 g/mol. The lowest BCUT2D eigenvalue weighted by molar-refractivity contribution is 0.556. The van der Waals surface area contributed by atoms with Gasteiger partial charge in [-0.25, -0.2) is 9.37 Å². The Balaban J connectivity index is 1.70. The average molecular weight is 458 g/mol. The van der Waals surface area contributed by atoms with Crippen LogP contribution >= 0.6 is 12.2 Å². The number of thiocarbonyl (C=S) groups is 1. The predicted octanol–water partition coefficient (Wildman–Crippen LogP) is 5.51. The third-order valence-corrected chi connectivity index (χ3v) is 6.44. The van der Waals surface area contributed by atoms with E-state index >= 15 is 0 Å². The number of nitrogens with one attached hydrogen (secondary N) is 1. The van der Waals surface area contributed by atoms with E-state index in [4.69, 9.17) is 12.2 Å². The molecule has 1 fully saturated rings. The van der Waals surface area contributed by atoms with E-state index in [1.807, 2.05) is 41.4 Å². The van der Waals surface area contributed by atoms with Crippen molar-refractivity contribution in [1.29, 1.82) is 0 Å². The smallest absolute Gasteiger partial charge is 0.174 e. The van der Waals surface area contributed by atoms with Crippen molar-refractivity contribution in [2.24, 2.45) is 0 Å². The molecule has 0 unspecified atom stereocenters. The van der Waals surface area contributed by atoms with E-state index in [2.05, 4.69) is 52.8 Å². The third-order valence-electron chi connectivity index (χ3n) is 6.13. The molecule has 4 aromatic rings. The lowest BCUT2D eigenvalue weighted by Crippen LogP contribution is -2.30. The zero-order chi connectivity index (χ0) is 23.1. The highest BCUT2D eigenvalue weighted by molar-refractivity contribution is 7.80. The maximum atomic E-state index is 15.0. The normalized spacial score (nSPS) is 17.9. The van der Waals surface area contributed by atoms with Gasteiger partial charge in [0.05, 0.1) is 23.5 Å². The van der Waals surface area contributed by atoms with Crippen molar-refractivity contribution in [3.8, 4) is 5.82 Å². The molecule has 5 nitrogen and oxygen atoms in total. The summed E-state index contributed by atoms with van der Waals surface area (Å²) in [5.41, 5.74) is 5.55. The Kier molecular flexibility index (Phi) is 5.42. The van der Waals surface area contributed by atoms with Crippen LogP contribution in [-0.4, -0.2) is 19.6 Å². The molecule has 3 aromatic heterocycles. The number of hydrogen-bond donors (Lipinski definition) is 1.